The third-order valence-corrected chi connectivity index (χ3v) is 5.86. The molecule has 3 heterocycles. The van der Waals surface area contributed by atoms with Gasteiger partial charge in [-0.2, -0.15) is 0 Å². The molecule has 0 atom stereocenters. The average molecular weight is 444 g/mol. The zero-order valence-corrected chi connectivity index (χ0v) is 18.4. The van der Waals surface area contributed by atoms with Crippen LogP contribution < -0.4 is 25.4 Å². The predicted molar refractivity (Wildman–Crippen MR) is 128 cm³/mol. The fourth-order valence-corrected chi connectivity index (χ4v) is 4.16. The number of carbonyl (C=O) groups is 2. The van der Waals surface area contributed by atoms with E-state index in [-0.39, 0.29) is 17.6 Å². The highest BCUT2D eigenvalue weighted by Crippen LogP contribution is 2.37. The molecule has 5 rings (SSSR count). The lowest BCUT2D eigenvalue weighted by atomic mass is 9.99. The molecule has 4 N–H and O–H groups in total. The Hall–Kier alpha value is -4.04. The number of ketones is 1. The second-order valence-corrected chi connectivity index (χ2v) is 7.86. The molecule has 0 bridgehead atoms. The number of urea groups is 1. The molecule has 0 saturated heterocycles. The van der Waals surface area contributed by atoms with Crippen LogP contribution in [-0.4, -0.2) is 44.0 Å². The summed E-state index contributed by atoms with van der Waals surface area (Å²) in [7, 11) is 3.16. The minimum Gasteiger partial charge on any atom is -0.497 e. The lowest BCUT2D eigenvalue weighted by Gasteiger charge is -2.14. The maximum absolute atomic E-state index is 13.2. The molecule has 0 fully saturated rings. The number of carbonyl (C=O) groups excluding carboxylic acids is 2. The highest BCUT2D eigenvalue weighted by molar-refractivity contribution is 6.16. The summed E-state index contributed by atoms with van der Waals surface area (Å²) in [4.78, 5) is 28.3. The number of nitrogens with one attached hydrogen (secondary N) is 4. The highest BCUT2D eigenvalue weighted by atomic mass is 16.5. The number of aromatic nitrogens is 1. The van der Waals surface area contributed by atoms with Crippen LogP contribution in [0.5, 0.6) is 11.5 Å². The number of aromatic amines is 1. The number of rotatable bonds is 4. The van der Waals surface area contributed by atoms with E-state index in [1.165, 1.54) is 12.6 Å². The van der Waals surface area contributed by atoms with E-state index in [2.05, 4.69) is 27.0 Å². The standard InChI is InChI=1S/C25H24N4O4/c1-26-25(31)28-15-3-6-21-19(11-15)24(30)22(33-21)13-18-17-12-16(32-2)4-5-20(17)29-23(18)14-7-9-27-10-8-14/h3-7,11-13,27,29H,8-10H2,1-2H3,(H2,26,28,31). The van der Waals surface area contributed by atoms with Crippen LogP contribution in [0.3, 0.4) is 0 Å². The second kappa shape index (κ2) is 8.48. The van der Waals surface area contributed by atoms with Crippen molar-refractivity contribution < 1.29 is 19.1 Å². The molecule has 0 aliphatic carbocycles. The zero-order valence-electron chi connectivity index (χ0n) is 18.4. The number of methoxy groups -OCH3 is 1. The third-order valence-electron chi connectivity index (χ3n) is 5.86. The Balaban J connectivity index is 1.58. The summed E-state index contributed by atoms with van der Waals surface area (Å²) in [5, 5.41) is 9.46. The first-order valence-corrected chi connectivity index (χ1v) is 10.7. The molecule has 33 heavy (non-hydrogen) atoms. The van der Waals surface area contributed by atoms with Crippen molar-refractivity contribution in [3.8, 4) is 11.5 Å². The summed E-state index contributed by atoms with van der Waals surface area (Å²) in [5.41, 5.74) is 4.94. The van der Waals surface area contributed by atoms with Gasteiger partial charge in [0.15, 0.2) is 5.76 Å². The molecule has 2 amide bonds. The van der Waals surface area contributed by atoms with E-state index in [9.17, 15) is 9.59 Å². The smallest absolute Gasteiger partial charge is 0.318 e. The fraction of sp³-hybridized carbons (Fsp3) is 0.200. The van der Waals surface area contributed by atoms with Crippen molar-refractivity contribution in [1.82, 2.24) is 15.6 Å². The number of amides is 2. The van der Waals surface area contributed by atoms with Crippen LogP contribution in [0, 0.1) is 0 Å². The van der Waals surface area contributed by atoms with Crippen molar-refractivity contribution in [2.24, 2.45) is 0 Å². The van der Waals surface area contributed by atoms with Crippen LogP contribution in [0.1, 0.15) is 28.0 Å². The van der Waals surface area contributed by atoms with Gasteiger partial charge in [-0.3, -0.25) is 4.79 Å². The van der Waals surface area contributed by atoms with Gasteiger partial charge in [0.25, 0.3) is 0 Å². The third kappa shape index (κ3) is 3.85. The molecule has 0 radical (unpaired) electrons. The van der Waals surface area contributed by atoms with Crippen molar-refractivity contribution in [2.45, 2.75) is 6.42 Å². The van der Waals surface area contributed by atoms with Crippen LogP contribution in [-0.2, 0) is 0 Å². The summed E-state index contributed by atoms with van der Waals surface area (Å²) in [5.74, 6) is 1.21. The van der Waals surface area contributed by atoms with Crippen molar-refractivity contribution in [3.05, 3.63) is 65.1 Å². The van der Waals surface area contributed by atoms with Crippen molar-refractivity contribution in [3.63, 3.8) is 0 Å². The van der Waals surface area contributed by atoms with Gasteiger partial charge >= 0.3 is 6.03 Å². The van der Waals surface area contributed by atoms with Crippen LogP contribution in [0.15, 0.2) is 48.2 Å². The molecule has 0 spiro atoms. The number of fused-ring (bicyclic) bond motifs is 2. The Morgan fingerprint density at radius 2 is 2.09 bits per heavy atom. The summed E-state index contributed by atoms with van der Waals surface area (Å²) < 4.78 is 11.4. The molecule has 2 aromatic carbocycles. The molecule has 0 saturated carbocycles. The lowest BCUT2D eigenvalue weighted by molar-refractivity contribution is 0.101. The van der Waals surface area contributed by atoms with Gasteiger partial charge in [-0.05, 0) is 61.0 Å². The molecule has 1 aromatic heterocycles. The average Bonchev–Trinajstić information content (AvgIpc) is 3.36. The van der Waals surface area contributed by atoms with E-state index in [4.69, 9.17) is 9.47 Å². The second-order valence-electron chi connectivity index (χ2n) is 7.86. The normalized spacial score (nSPS) is 16.4. The van der Waals surface area contributed by atoms with Crippen molar-refractivity contribution >= 4 is 40.1 Å². The predicted octanol–water partition coefficient (Wildman–Crippen LogP) is 3.92. The maximum atomic E-state index is 13.2. The molecule has 2 aliphatic rings. The number of hydrogen-bond acceptors (Lipinski definition) is 5. The fourth-order valence-electron chi connectivity index (χ4n) is 4.16. The number of allylic oxidation sites excluding steroid dienone is 1. The number of Topliss-reactive ketones (excluding diaryl/α,β-unsaturated/α-hetero) is 1. The molecule has 8 heteroatoms. The van der Waals surface area contributed by atoms with Gasteiger partial charge in [0, 0.05) is 41.4 Å². The number of benzene rings is 2. The van der Waals surface area contributed by atoms with E-state index in [0.717, 1.165) is 47.4 Å². The van der Waals surface area contributed by atoms with Gasteiger partial charge in [0.1, 0.15) is 11.5 Å². The summed E-state index contributed by atoms with van der Waals surface area (Å²) >= 11 is 0. The Bertz CT molecular complexity index is 1340. The molecular formula is C25H24N4O4. The largest absolute Gasteiger partial charge is 0.497 e. The van der Waals surface area contributed by atoms with Crippen molar-refractivity contribution in [2.75, 3.05) is 32.6 Å². The number of hydrogen-bond donors (Lipinski definition) is 4. The molecule has 3 aromatic rings. The molecular weight excluding hydrogens is 420 g/mol. The Morgan fingerprint density at radius 1 is 1.21 bits per heavy atom. The van der Waals surface area contributed by atoms with Crippen LogP contribution >= 0.6 is 0 Å². The zero-order chi connectivity index (χ0) is 22.9. The summed E-state index contributed by atoms with van der Waals surface area (Å²) in [6, 6.07) is 10.5. The molecule has 168 valence electrons. The quantitative estimate of drug-likeness (QED) is 0.457. The van der Waals surface area contributed by atoms with E-state index in [1.54, 1.807) is 31.4 Å². The Kier molecular flexibility index (Phi) is 5.35. The first-order valence-electron chi connectivity index (χ1n) is 10.7. The van der Waals surface area contributed by atoms with Gasteiger partial charge in [-0.25, -0.2) is 4.79 Å². The molecule has 8 nitrogen and oxygen atoms in total. The van der Waals surface area contributed by atoms with Gasteiger partial charge in [-0.1, -0.05) is 6.08 Å². The minimum absolute atomic E-state index is 0.229. The van der Waals surface area contributed by atoms with E-state index >= 15 is 0 Å². The van der Waals surface area contributed by atoms with E-state index < -0.39 is 0 Å². The SMILES string of the molecule is CNC(=O)Nc1ccc2c(c1)C(=O)C(=Cc1c(C3=CCNCC3)[nH]c3ccc(OC)cc13)O2. The summed E-state index contributed by atoms with van der Waals surface area (Å²) in [6.45, 7) is 1.69. The first kappa shape index (κ1) is 20.8. The molecule has 0 unspecified atom stereocenters. The Labute approximate surface area is 190 Å². The topological polar surface area (TPSA) is 104 Å². The van der Waals surface area contributed by atoms with Gasteiger partial charge in [-0.15, -0.1) is 0 Å². The van der Waals surface area contributed by atoms with Crippen LogP contribution in [0.4, 0.5) is 10.5 Å². The number of anilines is 1. The van der Waals surface area contributed by atoms with Crippen LogP contribution in [0.25, 0.3) is 22.6 Å². The number of ether oxygens (including phenoxy) is 2. The minimum atomic E-state index is -0.357. The van der Waals surface area contributed by atoms with E-state index in [0.29, 0.717) is 17.0 Å². The monoisotopic (exact) mass is 444 g/mol. The lowest BCUT2D eigenvalue weighted by Crippen LogP contribution is -2.24. The van der Waals surface area contributed by atoms with Gasteiger partial charge in [0.05, 0.1) is 12.7 Å². The highest BCUT2D eigenvalue weighted by Gasteiger charge is 2.29. The summed E-state index contributed by atoms with van der Waals surface area (Å²) in [6.07, 6.45) is 4.84. The molecule has 2 aliphatic heterocycles. The number of H-pyrrole nitrogens is 1. The Morgan fingerprint density at radius 3 is 2.85 bits per heavy atom. The van der Waals surface area contributed by atoms with Gasteiger partial charge < -0.3 is 30.4 Å². The van der Waals surface area contributed by atoms with Gasteiger partial charge in [0.2, 0.25) is 5.78 Å². The van der Waals surface area contributed by atoms with Crippen molar-refractivity contribution in [1.29, 1.82) is 0 Å². The maximum Gasteiger partial charge on any atom is 0.318 e. The van der Waals surface area contributed by atoms with E-state index in [1.807, 2.05) is 18.2 Å². The first-order chi connectivity index (χ1) is 16.1. The van der Waals surface area contributed by atoms with Crippen LogP contribution in [0.2, 0.25) is 0 Å².